The summed E-state index contributed by atoms with van der Waals surface area (Å²) < 4.78 is 0. The first kappa shape index (κ1) is 15.0. The second-order valence-corrected chi connectivity index (χ2v) is 7.68. The Kier molecular flexibility index (Phi) is 3.07. The molecular formula is C19H19ClN4O. The molecule has 0 radical (unpaired) electrons. The molecule has 6 heteroatoms. The highest BCUT2D eigenvalue weighted by Gasteiger charge is 2.51. The SMILES string of the molecule is C[C@@H]1CNC(=O)N1c1cccc(-c2cnc3c(c2Cl)C2(CC2)CN3)c1. The average molecular weight is 355 g/mol. The molecule has 25 heavy (non-hydrogen) atoms. The molecular weight excluding hydrogens is 336 g/mol. The molecule has 5 rings (SSSR count). The van der Waals surface area contributed by atoms with E-state index in [1.807, 2.05) is 37.4 Å². The summed E-state index contributed by atoms with van der Waals surface area (Å²) in [6.07, 6.45) is 4.18. The van der Waals surface area contributed by atoms with Crippen LogP contribution in [0.4, 0.5) is 16.3 Å². The molecule has 2 aromatic rings. The van der Waals surface area contributed by atoms with E-state index in [4.69, 9.17) is 11.6 Å². The van der Waals surface area contributed by atoms with Crippen LogP contribution in [-0.2, 0) is 5.41 Å². The topological polar surface area (TPSA) is 57.3 Å². The fourth-order valence-electron chi connectivity index (χ4n) is 4.03. The number of nitrogens with one attached hydrogen (secondary N) is 2. The Labute approximate surface area is 151 Å². The van der Waals surface area contributed by atoms with Crippen LogP contribution < -0.4 is 15.5 Å². The van der Waals surface area contributed by atoms with Gasteiger partial charge in [0.05, 0.1) is 11.1 Å². The highest BCUT2D eigenvalue weighted by Crippen LogP contribution is 2.57. The summed E-state index contributed by atoms with van der Waals surface area (Å²) in [6.45, 7) is 3.64. The number of halogens is 1. The lowest BCUT2D eigenvalue weighted by Crippen LogP contribution is -2.32. The van der Waals surface area contributed by atoms with Gasteiger partial charge in [-0.25, -0.2) is 9.78 Å². The van der Waals surface area contributed by atoms with Gasteiger partial charge in [0.2, 0.25) is 0 Å². The Morgan fingerprint density at radius 2 is 2.16 bits per heavy atom. The highest BCUT2D eigenvalue weighted by atomic mass is 35.5. The number of rotatable bonds is 2. The number of pyridine rings is 1. The van der Waals surface area contributed by atoms with Crippen molar-refractivity contribution in [2.75, 3.05) is 23.3 Å². The van der Waals surface area contributed by atoms with E-state index in [9.17, 15) is 4.79 Å². The molecule has 3 heterocycles. The molecule has 1 saturated heterocycles. The minimum Gasteiger partial charge on any atom is -0.369 e. The van der Waals surface area contributed by atoms with Crippen molar-refractivity contribution in [2.24, 2.45) is 0 Å². The number of amides is 2. The van der Waals surface area contributed by atoms with Gasteiger partial charge in [0.15, 0.2) is 0 Å². The number of hydrogen-bond donors (Lipinski definition) is 2. The Balaban J connectivity index is 1.59. The summed E-state index contributed by atoms with van der Waals surface area (Å²) in [7, 11) is 0. The van der Waals surface area contributed by atoms with Gasteiger partial charge in [-0.15, -0.1) is 0 Å². The zero-order valence-electron chi connectivity index (χ0n) is 14.0. The zero-order chi connectivity index (χ0) is 17.2. The van der Waals surface area contributed by atoms with Gasteiger partial charge in [-0.2, -0.15) is 0 Å². The molecule has 1 aliphatic carbocycles. The lowest BCUT2D eigenvalue weighted by Gasteiger charge is -2.21. The largest absolute Gasteiger partial charge is 0.369 e. The standard InChI is InChI=1S/C19H19ClN4O/c1-11-8-22-18(25)24(11)13-4-2-3-12(7-13)14-9-21-17-15(16(14)20)19(5-6-19)10-23-17/h2-4,7,9,11H,5-6,8,10H2,1H3,(H,21,23)(H,22,25)/t11-/m1/s1. The summed E-state index contributed by atoms with van der Waals surface area (Å²) in [5.74, 6) is 0.926. The van der Waals surface area contributed by atoms with Crippen molar-refractivity contribution in [3.63, 3.8) is 0 Å². The number of carbonyl (C=O) groups is 1. The van der Waals surface area contributed by atoms with E-state index in [1.54, 1.807) is 4.90 Å². The van der Waals surface area contributed by atoms with Gasteiger partial charge >= 0.3 is 6.03 Å². The molecule has 1 atom stereocenters. The molecule has 128 valence electrons. The maximum atomic E-state index is 12.1. The minimum atomic E-state index is -0.0519. The molecule has 0 bridgehead atoms. The summed E-state index contributed by atoms with van der Waals surface area (Å²) >= 11 is 6.81. The van der Waals surface area contributed by atoms with Crippen LogP contribution in [0.25, 0.3) is 11.1 Å². The number of hydrogen-bond acceptors (Lipinski definition) is 3. The zero-order valence-corrected chi connectivity index (χ0v) is 14.7. The maximum Gasteiger partial charge on any atom is 0.322 e. The third kappa shape index (κ3) is 2.15. The fraction of sp³-hybridized carbons (Fsp3) is 0.368. The molecule has 1 spiro atoms. The van der Waals surface area contributed by atoms with E-state index < -0.39 is 0 Å². The molecule has 2 fully saturated rings. The quantitative estimate of drug-likeness (QED) is 0.863. The highest BCUT2D eigenvalue weighted by molar-refractivity contribution is 6.34. The van der Waals surface area contributed by atoms with E-state index in [1.165, 1.54) is 18.4 Å². The van der Waals surface area contributed by atoms with Crippen molar-refractivity contribution in [3.8, 4) is 11.1 Å². The van der Waals surface area contributed by atoms with Crippen LogP contribution >= 0.6 is 11.6 Å². The monoisotopic (exact) mass is 354 g/mol. The Morgan fingerprint density at radius 1 is 1.32 bits per heavy atom. The third-order valence-corrected chi connectivity index (χ3v) is 6.03. The van der Waals surface area contributed by atoms with E-state index >= 15 is 0 Å². The molecule has 5 nitrogen and oxygen atoms in total. The first-order valence-corrected chi connectivity index (χ1v) is 9.07. The predicted molar refractivity (Wildman–Crippen MR) is 99.4 cm³/mol. The fourth-order valence-corrected chi connectivity index (χ4v) is 4.48. The molecule has 1 aromatic carbocycles. The van der Waals surface area contributed by atoms with Gasteiger partial charge in [0, 0.05) is 41.5 Å². The van der Waals surface area contributed by atoms with Gasteiger partial charge in [-0.3, -0.25) is 4.90 Å². The van der Waals surface area contributed by atoms with Crippen molar-refractivity contribution in [2.45, 2.75) is 31.2 Å². The van der Waals surface area contributed by atoms with Gasteiger partial charge in [0.1, 0.15) is 5.82 Å². The number of urea groups is 1. The van der Waals surface area contributed by atoms with Crippen molar-refractivity contribution in [3.05, 3.63) is 41.0 Å². The Hall–Kier alpha value is -2.27. The molecule has 2 aliphatic heterocycles. The smallest absolute Gasteiger partial charge is 0.322 e. The predicted octanol–water partition coefficient (Wildman–Crippen LogP) is 3.78. The molecule has 3 aliphatic rings. The van der Waals surface area contributed by atoms with Crippen molar-refractivity contribution in [1.82, 2.24) is 10.3 Å². The second-order valence-electron chi connectivity index (χ2n) is 7.30. The molecule has 2 N–H and O–H groups in total. The van der Waals surface area contributed by atoms with Gasteiger partial charge in [0.25, 0.3) is 0 Å². The second kappa shape index (κ2) is 5.11. The minimum absolute atomic E-state index is 0.0519. The van der Waals surface area contributed by atoms with E-state index in [2.05, 4.69) is 15.6 Å². The first-order chi connectivity index (χ1) is 12.1. The van der Waals surface area contributed by atoms with Crippen LogP contribution in [0, 0.1) is 0 Å². The summed E-state index contributed by atoms with van der Waals surface area (Å²) in [5, 5.41) is 7.06. The van der Waals surface area contributed by atoms with Crippen molar-refractivity contribution >= 4 is 29.1 Å². The van der Waals surface area contributed by atoms with Gasteiger partial charge in [-0.1, -0.05) is 23.7 Å². The molecule has 0 unspecified atom stereocenters. The number of fused-ring (bicyclic) bond motifs is 2. The van der Waals surface area contributed by atoms with E-state index in [-0.39, 0.29) is 17.5 Å². The Bertz CT molecular complexity index is 893. The normalized spacial score (nSPS) is 22.7. The van der Waals surface area contributed by atoms with Gasteiger partial charge in [-0.05, 0) is 37.5 Å². The van der Waals surface area contributed by atoms with Crippen LogP contribution in [0.5, 0.6) is 0 Å². The molecule has 2 amide bonds. The van der Waals surface area contributed by atoms with Crippen LogP contribution in [0.3, 0.4) is 0 Å². The number of benzene rings is 1. The van der Waals surface area contributed by atoms with E-state index in [0.717, 1.165) is 34.2 Å². The van der Waals surface area contributed by atoms with Gasteiger partial charge < -0.3 is 10.6 Å². The van der Waals surface area contributed by atoms with Crippen molar-refractivity contribution < 1.29 is 4.79 Å². The number of carbonyl (C=O) groups excluding carboxylic acids is 1. The van der Waals surface area contributed by atoms with Crippen LogP contribution in [0.15, 0.2) is 30.5 Å². The van der Waals surface area contributed by atoms with E-state index in [0.29, 0.717) is 6.54 Å². The first-order valence-electron chi connectivity index (χ1n) is 8.69. The van der Waals surface area contributed by atoms with Crippen molar-refractivity contribution in [1.29, 1.82) is 0 Å². The third-order valence-electron chi connectivity index (χ3n) is 5.64. The van der Waals surface area contributed by atoms with Crippen LogP contribution in [0.1, 0.15) is 25.3 Å². The summed E-state index contributed by atoms with van der Waals surface area (Å²) in [6, 6.07) is 8.07. The molecule has 1 aromatic heterocycles. The maximum absolute atomic E-state index is 12.1. The van der Waals surface area contributed by atoms with Crippen LogP contribution in [-0.4, -0.2) is 30.1 Å². The summed E-state index contributed by atoms with van der Waals surface area (Å²) in [5.41, 5.74) is 4.17. The number of aromatic nitrogens is 1. The lowest BCUT2D eigenvalue weighted by atomic mass is 9.96. The average Bonchev–Trinajstić information content (AvgIpc) is 3.17. The Morgan fingerprint density at radius 3 is 2.88 bits per heavy atom. The summed E-state index contributed by atoms with van der Waals surface area (Å²) in [4.78, 5) is 18.5. The number of nitrogens with zero attached hydrogens (tertiary/aromatic N) is 2. The van der Waals surface area contributed by atoms with Crippen LogP contribution in [0.2, 0.25) is 5.02 Å². The lowest BCUT2D eigenvalue weighted by molar-refractivity contribution is 0.252. The molecule has 1 saturated carbocycles. The number of anilines is 2.